The molecular weight excluding hydrogens is 424 g/mol. The van der Waals surface area contributed by atoms with E-state index in [-0.39, 0.29) is 12.1 Å². The van der Waals surface area contributed by atoms with Gasteiger partial charge in [0.1, 0.15) is 0 Å². The fourth-order valence-corrected chi connectivity index (χ4v) is 5.85. The molecule has 160 valence electrons. The number of pyridine rings is 1. The van der Waals surface area contributed by atoms with Gasteiger partial charge in [-0.2, -0.15) is 0 Å². The van der Waals surface area contributed by atoms with Crippen LogP contribution in [0.5, 0.6) is 0 Å². The number of nitrogens with zero attached hydrogens (tertiary/aromatic N) is 3. The van der Waals surface area contributed by atoms with Crippen LogP contribution in [0.1, 0.15) is 66.5 Å². The second kappa shape index (κ2) is 8.29. The van der Waals surface area contributed by atoms with Crippen LogP contribution in [0.3, 0.4) is 0 Å². The van der Waals surface area contributed by atoms with E-state index in [0.29, 0.717) is 11.2 Å². The molecule has 1 saturated carbocycles. The molecule has 2 unspecified atom stereocenters. The van der Waals surface area contributed by atoms with Crippen molar-refractivity contribution in [1.82, 2.24) is 14.9 Å². The molecule has 0 amide bonds. The van der Waals surface area contributed by atoms with Crippen LogP contribution >= 0.6 is 23.8 Å². The molecule has 2 fully saturated rings. The monoisotopic (exact) mass is 450 g/mol. The Labute approximate surface area is 194 Å². The number of halogens is 1. The Hall–Kier alpha value is -2.37. The van der Waals surface area contributed by atoms with E-state index in [1.54, 1.807) is 0 Å². The fourth-order valence-electron chi connectivity index (χ4n) is 5.38. The summed E-state index contributed by atoms with van der Waals surface area (Å²) in [5.74, 6) is 0. The summed E-state index contributed by atoms with van der Waals surface area (Å²) in [5, 5.41) is 5.00. The molecule has 1 aliphatic carbocycles. The highest BCUT2D eigenvalue weighted by atomic mass is 35.5. The van der Waals surface area contributed by atoms with Crippen molar-refractivity contribution in [2.75, 3.05) is 4.90 Å². The summed E-state index contributed by atoms with van der Waals surface area (Å²) in [7, 11) is 0. The minimum Gasteiger partial charge on any atom is -0.351 e. The van der Waals surface area contributed by atoms with Gasteiger partial charge in [0.2, 0.25) is 0 Å². The molecule has 5 rings (SSSR count). The molecule has 0 spiro atoms. The molecule has 2 atom stereocenters. The van der Waals surface area contributed by atoms with Gasteiger partial charge in [-0.15, -0.1) is 0 Å². The van der Waals surface area contributed by atoms with Crippen LogP contribution in [0.2, 0.25) is 5.02 Å². The number of nitrogens with one attached hydrogen (secondary N) is 1. The number of hydrogen-bond acceptors (Lipinski definition) is 2. The molecule has 3 aromatic rings. The average Bonchev–Trinajstić information content (AvgIpc) is 3.47. The first-order valence-corrected chi connectivity index (χ1v) is 11.8. The molecular formula is C25H27ClN4S. The normalized spacial score (nSPS) is 21.6. The Morgan fingerprint density at radius 2 is 1.81 bits per heavy atom. The minimum absolute atomic E-state index is 0.0185. The van der Waals surface area contributed by atoms with Crippen LogP contribution < -0.4 is 10.2 Å². The maximum atomic E-state index is 6.17. The summed E-state index contributed by atoms with van der Waals surface area (Å²) >= 11 is 12.0. The van der Waals surface area contributed by atoms with Crippen LogP contribution in [-0.2, 0) is 0 Å². The predicted octanol–water partition coefficient (Wildman–Crippen LogP) is 6.45. The number of thiocarbonyl (C=S) groups is 1. The smallest absolute Gasteiger partial charge is 0.174 e. The molecule has 0 radical (unpaired) electrons. The summed E-state index contributed by atoms with van der Waals surface area (Å²) in [5.41, 5.74) is 6.00. The number of hydrogen-bond donors (Lipinski definition) is 1. The highest BCUT2D eigenvalue weighted by Gasteiger charge is 2.42. The predicted molar refractivity (Wildman–Crippen MR) is 131 cm³/mol. The molecule has 1 aliphatic heterocycles. The Morgan fingerprint density at radius 3 is 2.48 bits per heavy atom. The standard InChI is InChI=1S/C25H27ClN4S/c1-16-15-21(17(2)29(16)19-7-3-4-8-19)24-23(22-9-5-6-14-27-22)28-25(31)30(24)20-12-10-18(26)11-13-20/h5-6,9-15,19,23-24H,3-4,7-8H2,1-2H3,(H,28,31). The van der Waals surface area contributed by atoms with Crippen molar-refractivity contribution in [2.24, 2.45) is 0 Å². The zero-order valence-corrected chi connectivity index (χ0v) is 19.5. The largest absolute Gasteiger partial charge is 0.351 e. The Kier molecular flexibility index (Phi) is 5.49. The third-order valence-electron chi connectivity index (χ3n) is 6.73. The molecule has 3 heterocycles. The van der Waals surface area contributed by atoms with Crippen molar-refractivity contribution in [3.05, 3.63) is 82.4 Å². The first-order chi connectivity index (χ1) is 15.0. The maximum absolute atomic E-state index is 6.17. The molecule has 4 nitrogen and oxygen atoms in total. The van der Waals surface area contributed by atoms with Gasteiger partial charge in [0.05, 0.1) is 17.8 Å². The summed E-state index contributed by atoms with van der Waals surface area (Å²) in [4.78, 5) is 6.90. The molecule has 1 aromatic carbocycles. The van der Waals surface area contributed by atoms with Gasteiger partial charge in [-0.05, 0) is 86.9 Å². The topological polar surface area (TPSA) is 33.1 Å². The van der Waals surface area contributed by atoms with E-state index in [9.17, 15) is 0 Å². The summed E-state index contributed by atoms with van der Waals surface area (Å²) in [6.07, 6.45) is 7.02. The summed E-state index contributed by atoms with van der Waals surface area (Å²) in [6.45, 7) is 4.50. The van der Waals surface area contributed by atoms with E-state index >= 15 is 0 Å². The minimum atomic E-state index is -0.0260. The van der Waals surface area contributed by atoms with Gasteiger partial charge < -0.3 is 14.8 Å². The molecule has 2 aliphatic rings. The lowest BCUT2D eigenvalue weighted by atomic mass is 9.96. The van der Waals surface area contributed by atoms with E-state index in [1.165, 1.54) is 42.6 Å². The lowest BCUT2D eigenvalue weighted by molar-refractivity contribution is 0.494. The van der Waals surface area contributed by atoms with Gasteiger partial charge >= 0.3 is 0 Å². The van der Waals surface area contributed by atoms with Crippen LogP contribution in [0.4, 0.5) is 5.69 Å². The van der Waals surface area contributed by atoms with E-state index in [1.807, 2.05) is 42.6 Å². The zero-order valence-electron chi connectivity index (χ0n) is 17.9. The fraction of sp³-hybridized carbons (Fsp3) is 0.360. The van der Waals surface area contributed by atoms with Crippen LogP contribution in [-0.4, -0.2) is 14.7 Å². The van der Waals surface area contributed by atoms with E-state index in [2.05, 4.69) is 45.7 Å². The van der Waals surface area contributed by atoms with Crippen molar-refractivity contribution in [2.45, 2.75) is 57.7 Å². The van der Waals surface area contributed by atoms with Crippen LogP contribution in [0.15, 0.2) is 54.7 Å². The van der Waals surface area contributed by atoms with Crippen molar-refractivity contribution < 1.29 is 0 Å². The molecule has 1 saturated heterocycles. The number of benzene rings is 1. The quantitative estimate of drug-likeness (QED) is 0.463. The van der Waals surface area contributed by atoms with Gasteiger partial charge in [0.25, 0.3) is 0 Å². The van der Waals surface area contributed by atoms with E-state index in [0.717, 1.165) is 16.4 Å². The van der Waals surface area contributed by atoms with Gasteiger partial charge in [-0.3, -0.25) is 4.98 Å². The van der Waals surface area contributed by atoms with Gasteiger partial charge in [0, 0.05) is 34.3 Å². The molecule has 6 heteroatoms. The lowest BCUT2D eigenvalue weighted by Crippen LogP contribution is -2.29. The Bertz CT molecular complexity index is 1090. The average molecular weight is 451 g/mol. The van der Waals surface area contributed by atoms with Gasteiger partial charge in [0.15, 0.2) is 5.11 Å². The van der Waals surface area contributed by atoms with Crippen molar-refractivity contribution >= 4 is 34.6 Å². The number of rotatable bonds is 4. The first-order valence-electron chi connectivity index (χ1n) is 11.0. The van der Waals surface area contributed by atoms with Crippen LogP contribution in [0.25, 0.3) is 0 Å². The van der Waals surface area contributed by atoms with Gasteiger partial charge in [-0.1, -0.05) is 30.5 Å². The summed E-state index contributed by atoms with van der Waals surface area (Å²) in [6, 6.07) is 17.0. The molecule has 2 aromatic heterocycles. The molecule has 1 N–H and O–H groups in total. The highest BCUT2D eigenvalue weighted by molar-refractivity contribution is 7.80. The zero-order chi connectivity index (χ0) is 21.5. The van der Waals surface area contributed by atoms with Gasteiger partial charge in [-0.25, -0.2) is 0 Å². The van der Waals surface area contributed by atoms with Crippen LogP contribution in [0, 0.1) is 13.8 Å². The number of aryl methyl sites for hydroxylation is 1. The molecule has 0 bridgehead atoms. The van der Waals surface area contributed by atoms with E-state index < -0.39 is 0 Å². The SMILES string of the molecule is Cc1cc(C2C(c3ccccn3)NC(=S)N2c2ccc(Cl)cc2)c(C)n1C1CCCC1. The second-order valence-electron chi connectivity index (χ2n) is 8.61. The highest BCUT2D eigenvalue weighted by Crippen LogP contribution is 2.44. The van der Waals surface area contributed by atoms with Crippen molar-refractivity contribution in [3.8, 4) is 0 Å². The Morgan fingerprint density at radius 1 is 1.06 bits per heavy atom. The van der Waals surface area contributed by atoms with Crippen molar-refractivity contribution in [3.63, 3.8) is 0 Å². The lowest BCUT2D eigenvalue weighted by Gasteiger charge is -2.28. The maximum Gasteiger partial charge on any atom is 0.174 e. The number of aromatic nitrogens is 2. The third-order valence-corrected chi connectivity index (χ3v) is 7.30. The van der Waals surface area contributed by atoms with Crippen molar-refractivity contribution in [1.29, 1.82) is 0 Å². The summed E-state index contributed by atoms with van der Waals surface area (Å²) < 4.78 is 2.55. The molecule has 31 heavy (non-hydrogen) atoms. The second-order valence-corrected chi connectivity index (χ2v) is 9.43. The first kappa shape index (κ1) is 20.5. The third kappa shape index (κ3) is 3.64. The number of anilines is 1. The van der Waals surface area contributed by atoms with E-state index in [4.69, 9.17) is 23.8 Å². The Balaban J connectivity index is 1.64.